The van der Waals surface area contributed by atoms with Crippen LogP contribution in [0.15, 0.2) is 18.2 Å². The molecule has 1 aromatic rings. The molecule has 7 heteroatoms. The van der Waals surface area contributed by atoms with Gasteiger partial charge < -0.3 is 15.5 Å². The Morgan fingerprint density at radius 3 is 2.35 bits per heavy atom. The molecule has 1 aliphatic heterocycles. The molecule has 4 nitrogen and oxygen atoms in total. The number of benzene rings is 1. The minimum absolute atomic E-state index is 0.0712. The molecule has 0 aromatic heterocycles. The largest absolute Gasteiger partial charge is 0.416 e. The molecule has 2 N–H and O–H groups in total. The van der Waals surface area contributed by atoms with Crippen molar-refractivity contribution < 1.29 is 18.0 Å². The van der Waals surface area contributed by atoms with E-state index in [1.54, 1.807) is 0 Å². The van der Waals surface area contributed by atoms with Crippen LogP contribution in [-0.2, 0) is 6.18 Å². The molecule has 0 atom stereocenters. The summed E-state index contributed by atoms with van der Waals surface area (Å²) in [5.74, 6) is -0.443. The fourth-order valence-corrected chi connectivity index (χ4v) is 2.10. The van der Waals surface area contributed by atoms with Gasteiger partial charge in [-0.1, -0.05) is 0 Å². The molecule has 1 heterocycles. The molecule has 20 heavy (non-hydrogen) atoms. The Morgan fingerprint density at radius 1 is 1.20 bits per heavy atom. The third-order valence-corrected chi connectivity index (χ3v) is 3.40. The van der Waals surface area contributed by atoms with E-state index in [9.17, 15) is 18.0 Å². The first kappa shape index (κ1) is 14.6. The summed E-state index contributed by atoms with van der Waals surface area (Å²) in [6, 6.07) is 2.85. The van der Waals surface area contributed by atoms with Crippen LogP contribution in [0.2, 0.25) is 0 Å². The number of nitrogen functional groups attached to an aromatic ring is 1. The number of carbonyl (C=O) groups excluding carboxylic acids is 1. The second-order valence-corrected chi connectivity index (χ2v) is 4.90. The maximum Gasteiger partial charge on any atom is 0.416 e. The lowest BCUT2D eigenvalue weighted by Gasteiger charge is -2.32. The lowest BCUT2D eigenvalue weighted by atomic mass is 10.1. The fourth-order valence-electron chi connectivity index (χ4n) is 2.10. The van der Waals surface area contributed by atoms with Crippen molar-refractivity contribution in [3.8, 4) is 0 Å². The SMILES string of the molecule is CN1CCN(C(=O)c2cc(C(F)(F)F)ccc2N)CC1. The molecule has 1 aromatic carbocycles. The number of amides is 1. The van der Waals surface area contributed by atoms with Gasteiger partial charge in [-0.25, -0.2) is 0 Å². The predicted molar refractivity (Wildman–Crippen MR) is 69.3 cm³/mol. The topological polar surface area (TPSA) is 49.6 Å². The molecule has 0 radical (unpaired) electrons. The zero-order chi connectivity index (χ0) is 14.9. The number of likely N-dealkylation sites (N-methyl/N-ethyl adjacent to an activating group) is 1. The first-order valence-corrected chi connectivity index (χ1v) is 6.23. The highest BCUT2D eigenvalue weighted by Gasteiger charge is 2.32. The summed E-state index contributed by atoms with van der Waals surface area (Å²) < 4.78 is 38.1. The van der Waals surface area contributed by atoms with Gasteiger partial charge in [0.05, 0.1) is 11.1 Å². The van der Waals surface area contributed by atoms with Crippen molar-refractivity contribution >= 4 is 11.6 Å². The maximum absolute atomic E-state index is 12.7. The molecule has 0 bridgehead atoms. The van der Waals surface area contributed by atoms with Gasteiger partial charge in [0, 0.05) is 31.9 Å². The van der Waals surface area contributed by atoms with Gasteiger partial charge in [0.2, 0.25) is 0 Å². The Bertz CT molecular complexity index is 508. The summed E-state index contributed by atoms with van der Waals surface area (Å²) in [5.41, 5.74) is 4.78. The predicted octanol–water partition coefficient (Wildman–Crippen LogP) is 1.68. The standard InChI is InChI=1S/C13H16F3N3O/c1-18-4-6-19(7-5-18)12(20)10-8-9(13(14,15)16)2-3-11(10)17/h2-3,8H,4-7,17H2,1H3. The number of rotatable bonds is 1. The Balaban J connectivity index is 2.25. The number of piperazine rings is 1. The van der Waals surface area contributed by atoms with Gasteiger partial charge in [-0.05, 0) is 25.2 Å². The molecule has 1 aliphatic rings. The second-order valence-electron chi connectivity index (χ2n) is 4.90. The van der Waals surface area contributed by atoms with Gasteiger partial charge >= 0.3 is 6.18 Å². The van der Waals surface area contributed by atoms with Gasteiger partial charge in [-0.3, -0.25) is 4.79 Å². The number of hydrogen-bond donors (Lipinski definition) is 1. The lowest BCUT2D eigenvalue weighted by Crippen LogP contribution is -2.47. The lowest BCUT2D eigenvalue weighted by molar-refractivity contribution is -0.137. The molecule has 0 spiro atoms. The second kappa shape index (κ2) is 5.32. The summed E-state index contributed by atoms with van der Waals surface area (Å²) in [7, 11) is 1.93. The average molecular weight is 287 g/mol. The third kappa shape index (κ3) is 3.04. The Hall–Kier alpha value is -1.76. The van der Waals surface area contributed by atoms with Crippen molar-refractivity contribution in [1.82, 2.24) is 9.80 Å². The van der Waals surface area contributed by atoms with E-state index in [1.165, 1.54) is 4.90 Å². The van der Waals surface area contributed by atoms with E-state index in [0.29, 0.717) is 26.2 Å². The molecule has 1 fully saturated rings. The molecule has 110 valence electrons. The summed E-state index contributed by atoms with van der Waals surface area (Å²) >= 11 is 0. The van der Waals surface area contributed by atoms with Crippen molar-refractivity contribution in [3.63, 3.8) is 0 Å². The maximum atomic E-state index is 12.7. The van der Waals surface area contributed by atoms with Crippen LogP contribution in [0.25, 0.3) is 0 Å². The van der Waals surface area contributed by atoms with Crippen molar-refractivity contribution in [2.75, 3.05) is 39.0 Å². The van der Waals surface area contributed by atoms with E-state index in [-0.39, 0.29) is 11.3 Å². The Labute approximate surface area is 114 Å². The van der Waals surface area contributed by atoms with E-state index in [0.717, 1.165) is 18.2 Å². The van der Waals surface area contributed by atoms with Crippen molar-refractivity contribution in [3.05, 3.63) is 29.3 Å². The minimum Gasteiger partial charge on any atom is -0.398 e. The number of nitrogens with two attached hydrogens (primary N) is 1. The summed E-state index contributed by atoms with van der Waals surface area (Å²) in [5, 5.41) is 0. The fraction of sp³-hybridized carbons (Fsp3) is 0.462. The first-order chi connectivity index (χ1) is 9.29. The summed E-state index contributed by atoms with van der Waals surface area (Å²) in [6.07, 6.45) is -4.48. The highest BCUT2D eigenvalue weighted by Crippen LogP contribution is 2.31. The van der Waals surface area contributed by atoms with E-state index >= 15 is 0 Å². The van der Waals surface area contributed by atoms with E-state index < -0.39 is 17.6 Å². The number of alkyl halides is 3. The molecule has 0 aliphatic carbocycles. The van der Waals surface area contributed by atoms with Gasteiger partial charge in [-0.15, -0.1) is 0 Å². The smallest absolute Gasteiger partial charge is 0.398 e. The Morgan fingerprint density at radius 2 is 1.80 bits per heavy atom. The quantitative estimate of drug-likeness (QED) is 0.799. The number of halogens is 3. The highest BCUT2D eigenvalue weighted by atomic mass is 19.4. The average Bonchev–Trinajstić information content (AvgIpc) is 2.38. The van der Waals surface area contributed by atoms with Crippen molar-refractivity contribution in [2.24, 2.45) is 0 Å². The van der Waals surface area contributed by atoms with Crippen molar-refractivity contribution in [2.45, 2.75) is 6.18 Å². The van der Waals surface area contributed by atoms with Crippen LogP contribution in [0.5, 0.6) is 0 Å². The van der Waals surface area contributed by atoms with Crippen molar-refractivity contribution in [1.29, 1.82) is 0 Å². The molecular weight excluding hydrogens is 271 g/mol. The molecule has 1 amide bonds. The van der Waals surface area contributed by atoms with Gasteiger partial charge in [0.1, 0.15) is 0 Å². The molecule has 2 rings (SSSR count). The normalized spacial score (nSPS) is 17.3. The monoisotopic (exact) mass is 287 g/mol. The number of anilines is 1. The van der Waals surface area contributed by atoms with Crippen LogP contribution >= 0.6 is 0 Å². The molecule has 1 saturated heterocycles. The van der Waals surface area contributed by atoms with Crippen LogP contribution in [0.1, 0.15) is 15.9 Å². The number of nitrogens with zero attached hydrogens (tertiary/aromatic N) is 2. The first-order valence-electron chi connectivity index (χ1n) is 6.23. The summed E-state index contributed by atoms with van der Waals surface area (Å²) in [6.45, 7) is 2.38. The van der Waals surface area contributed by atoms with Crippen LogP contribution in [-0.4, -0.2) is 48.9 Å². The number of hydrogen-bond acceptors (Lipinski definition) is 3. The van der Waals surface area contributed by atoms with E-state index in [1.807, 2.05) is 7.05 Å². The summed E-state index contributed by atoms with van der Waals surface area (Å²) in [4.78, 5) is 15.9. The number of carbonyl (C=O) groups is 1. The van der Waals surface area contributed by atoms with Gasteiger partial charge in [-0.2, -0.15) is 13.2 Å². The molecule has 0 unspecified atom stereocenters. The zero-order valence-electron chi connectivity index (χ0n) is 11.1. The van der Waals surface area contributed by atoms with Crippen LogP contribution in [0.4, 0.5) is 18.9 Å². The van der Waals surface area contributed by atoms with E-state index in [2.05, 4.69) is 4.90 Å². The van der Waals surface area contributed by atoms with Gasteiger partial charge in [0.25, 0.3) is 5.91 Å². The molecular formula is C13H16F3N3O. The van der Waals surface area contributed by atoms with Gasteiger partial charge in [0.15, 0.2) is 0 Å². The highest BCUT2D eigenvalue weighted by molar-refractivity contribution is 5.99. The minimum atomic E-state index is -4.48. The van der Waals surface area contributed by atoms with Crippen LogP contribution in [0.3, 0.4) is 0 Å². The molecule has 0 saturated carbocycles. The zero-order valence-corrected chi connectivity index (χ0v) is 11.1. The Kier molecular flexibility index (Phi) is 3.89. The van der Waals surface area contributed by atoms with Crippen LogP contribution < -0.4 is 5.73 Å². The van der Waals surface area contributed by atoms with E-state index in [4.69, 9.17) is 5.73 Å². The van der Waals surface area contributed by atoms with Crippen LogP contribution in [0, 0.1) is 0 Å². The third-order valence-electron chi connectivity index (χ3n) is 3.40.